The lowest BCUT2D eigenvalue weighted by molar-refractivity contribution is -0.118. The highest BCUT2D eigenvalue weighted by Crippen LogP contribution is 2.31. The van der Waals surface area contributed by atoms with Crippen molar-refractivity contribution < 1.29 is 22.7 Å². The molecule has 0 bridgehead atoms. The second kappa shape index (κ2) is 9.95. The largest absolute Gasteiger partial charge is 0.493 e. The zero-order valence-corrected chi connectivity index (χ0v) is 19.0. The predicted octanol–water partition coefficient (Wildman–Crippen LogP) is 4.49. The van der Waals surface area contributed by atoms with Gasteiger partial charge in [-0.1, -0.05) is 32.0 Å². The number of hydrogen-bond acceptors (Lipinski definition) is 6. The summed E-state index contributed by atoms with van der Waals surface area (Å²) in [6.45, 7) is 3.57. The van der Waals surface area contributed by atoms with Crippen LogP contribution in [0.1, 0.15) is 13.8 Å². The molecule has 0 radical (unpaired) electrons. The van der Waals surface area contributed by atoms with Gasteiger partial charge >= 0.3 is 0 Å². The average Bonchev–Trinajstić information content (AvgIpc) is 3.30. The number of sulfonamides is 1. The topological polar surface area (TPSA) is 93.7 Å². The fourth-order valence-electron chi connectivity index (χ4n) is 2.79. The first-order valence-electron chi connectivity index (χ1n) is 9.58. The molecule has 1 atom stereocenters. The lowest BCUT2D eigenvalue weighted by atomic mass is 10.0. The number of benzene rings is 2. The van der Waals surface area contributed by atoms with Crippen molar-refractivity contribution in [1.29, 1.82) is 0 Å². The molecule has 0 saturated carbocycles. The highest BCUT2D eigenvalue weighted by molar-refractivity contribution is 7.91. The van der Waals surface area contributed by atoms with E-state index in [1.165, 1.54) is 6.07 Å². The quantitative estimate of drug-likeness (QED) is 0.491. The SMILES string of the molecule is COc1ccccc1Oc1ccc(NC(=O)C(NS(=O)(=O)c2cccs2)C(C)C)cc1. The van der Waals surface area contributed by atoms with Crippen LogP contribution in [0.3, 0.4) is 0 Å². The van der Waals surface area contributed by atoms with Crippen LogP contribution < -0.4 is 19.5 Å². The second-order valence-electron chi connectivity index (χ2n) is 7.04. The van der Waals surface area contributed by atoms with Gasteiger partial charge in [-0.05, 0) is 53.8 Å². The molecule has 0 fully saturated rings. The summed E-state index contributed by atoms with van der Waals surface area (Å²) in [5, 5.41) is 4.44. The monoisotopic (exact) mass is 460 g/mol. The number of amides is 1. The number of rotatable bonds is 9. The van der Waals surface area contributed by atoms with E-state index in [-0.39, 0.29) is 10.1 Å². The maximum Gasteiger partial charge on any atom is 0.250 e. The Kier molecular flexibility index (Phi) is 7.32. The number of nitrogens with one attached hydrogen (secondary N) is 2. The summed E-state index contributed by atoms with van der Waals surface area (Å²) < 4.78 is 38.8. The molecule has 3 aromatic rings. The van der Waals surface area contributed by atoms with E-state index in [2.05, 4.69) is 10.0 Å². The minimum Gasteiger partial charge on any atom is -0.493 e. The van der Waals surface area contributed by atoms with Crippen molar-refractivity contribution in [3.8, 4) is 17.2 Å². The van der Waals surface area contributed by atoms with Gasteiger partial charge in [0.2, 0.25) is 5.91 Å². The van der Waals surface area contributed by atoms with Gasteiger partial charge in [-0.2, -0.15) is 4.72 Å². The van der Waals surface area contributed by atoms with Crippen LogP contribution in [0.15, 0.2) is 70.3 Å². The molecular formula is C22H24N2O5S2. The summed E-state index contributed by atoms with van der Waals surface area (Å²) in [5.74, 6) is 1.07. The van der Waals surface area contributed by atoms with E-state index >= 15 is 0 Å². The van der Waals surface area contributed by atoms with Crippen LogP contribution in [0, 0.1) is 5.92 Å². The summed E-state index contributed by atoms with van der Waals surface area (Å²) in [6.07, 6.45) is 0. The average molecular weight is 461 g/mol. The molecule has 31 heavy (non-hydrogen) atoms. The first kappa shape index (κ1) is 22.8. The molecule has 2 N–H and O–H groups in total. The molecule has 0 aliphatic rings. The van der Waals surface area contributed by atoms with Gasteiger partial charge in [0.1, 0.15) is 16.0 Å². The van der Waals surface area contributed by atoms with E-state index in [1.54, 1.807) is 68.8 Å². The molecule has 0 saturated heterocycles. The molecule has 0 spiro atoms. The van der Waals surface area contributed by atoms with Gasteiger partial charge in [-0.25, -0.2) is 8.42 Å². The van der Waals surface area contributed by atoms with Crippen molar-refractivity contribution >= 4 is 33.0 Å². The highest BCUT2D eigenvalue weighted by Gasteiger charge is 2.29. The Morgan fingerprint density at radius 1 is 0.968 bits per heavy atom. The molecule has 1 unspecified atom stereocenters. The van der Waals surface area contributed by atoms with Crippen molar-refractivity contribution in [2.75, 3.05) is 12.4 Å². The van der Waals surface area contributed by atoms with Gasteiger partial charge in [-0.3, -0.25) is 4.79 Å². The van der Waals surface area contributed by atoms with Crippen molar-refractivity contribution in [1.82, 2.24) is 4.72 Å². The number of carbonyl (C=O) groups excluding carboxylic acids is 1. The molecule has 164 valence electrons. The van der Waals surface area contributed by atoms with Gasteiger partial charge in [-0.15, -0.1) is 11.3 Å². The van der Waals surface area contributed by atoms with E-state index in [0.717, 1.165) is 11.3 Å². The van der Waals surface area contributed by atoms with Crippen LogP contribution in [-0.2, 0) is 14.8 Å². The van der Waals surface area contributed by atoms with Crippen LogP contribution in [0.25, 0.3) is 0 Å². The minimum absolute atomic E-state index is 0.170. The number of anilines is 1. The second-order valence-corrected chi connectivity index (χ2v) is 9.93. The van der Waals surface area contributed by atoms with E-state index in [4.69, 9.17) is 9.47 Å². The lowest BCUT2D eigenvalue weighted by Crippen LogP contribution is -2.46. The lowest BCUT2D eigenvalue weighted by Gasteiger charge is -2.21. The molecular weight excluding hydrogens is 436 g/mol. The molecule has 9 heteroatoms. The Morgan fingerprint density at radius 3 is 2.23 bits per heavy atom. The Labute approximate surface area is 186 Å². The normalized spacial score (nSPS) is 12.4. The van der Waals surface area contributed by atoms with Gasteiger partial charge in [0, 0.05) is 5.69 Å². The van der Waals surface area contributed by atoms with Crippen LogP contribution in [-0.4, -0.2) is 27.5 Å². The molecule has 1 amide bonds. The standard InChI is InChI=1S/C22H24N2O5S2/c1-15(2)21(24-31(26,27)20-9-6-14-30-20)22(25)23-16-10-12-17(13-11-16)29-19-8-5-4-7-18(19)28-3/h4-15,21,24H,1-3H3,(H,23,25). The summed E-state index contributed by atoms with van der Waals surface area (Å²) in [7, 11) is -2.20. The van der Waals surface area contributed by atoms with E-state index in [9.17, 15) is 13.2 Å². The Morgan fingerprint density at radius 2 is 1.65 bits per heavy atom. The predicted molar refractivity (Wildman–Crippen MR) is 121 cm³/mol. The smallest absolute Gasteiger partial charge is 0.250 e. The van der Waals surface area contributed by atoms with Crippen LogP contribution in [0.4, 0.5) is 5.69 Å². The third kappa shape index (κ3) is 5.84. The summed E-state index contributed by atoms with van der Waals surface area (Å²) >= 11 is 1.10. The van der Waals surface area contributed by atoms with Crippen LogP contribution >= 0.6 is 11.3 Å². The first-order valence-corrected chi connectivity index (χ1v) is 11.9. The fraction of sp³-hybridized carbons (Fsp3) is 0.227. The summed E-state index contributed by atoms with van der Waals surface area (Å²) in [5.41, 5.74) is 0.526. The van der Waals surface area contributed by atoms with Gasteiger partial charge in [0.05, 0.1) is 7.11 Å². The van der Waals surface area contributed by atoms with Crippen LogP contribution in [0.5, 0.6) is 17.2 Å². The molecule has 1 aromatic heterocycles. The Hall–Kier alpha value is -2.88. The Bertz CT molecular complexity index is 1110. The number of methoxy groups -OCH3 is 1. The van der Waals surface area contributed by atoms with Gasteiger partial charge in [0.15, 0.2) is 11.5 Å². The minimum atomic E-state index is -3.77. The maximum atomic E-state index is 12.8. The molecule has 1 heterocycles. The third-order valence-corrected chi connectivity index (χ3v) is 7.25. The Balaban J connectivity index is 1.68. The van der Waals surface area contributed by atoms with Gasteiger partial charge < -0.3 is 14.8 Å². The number of carbonyl (C=O) groups is 1. The van der Waals surface area contributed by atoms with Crippen molar-refractivity contribution in [3.63, 3.8) is 0 Å². The number of hydrogen-bond donors (Lipinski definition) is 2. The van der Waals surface area contributed by atoms with Crippen LogP contribution in [0.2, 0.25) is 0 Å². The number of thiophene rings is 1. The van der Waals surface area contributed by atoms with E-state index in [0.29, 0.717) is 22.9 Å². The number of ether oxygens (including phenoxy) is 2. The van der Waals surface area contributed by atoms with Crippen molar-refractivity contribution in [2.24, 2.45) is 5.92 Å². The molecule has 0 aliphatic heterocycles. The fourth-order valence-corrected chi connectivity index (χ4v) is 5.14. The van der Waals surface area contributed by atoms with E-state index in [1.807, 2.05) is 12.1 Å². The third-order valence-electron chi connectivity index (χ3n) is 4.41. The molecule has 2 aromatic carbocycles. The van der Waals surface area contributed by atoms with Crippen molar-refractivity contribution in [3.05, 3.63) is 66.0 Å². The first-order chi connectivity index (χ1) is 14.8. The zero-order chi connectivity index (χ0) is 22.4. The number of para-hydroxylation sites is 2. The molecule has 7 nitrogen and oxygen atoms in total. The summed E-state index contributed by atoms with van der Waals surface area (Å²) in [4.78, 5) is 12.8. The molecule has 3 rings (SSSR count). The highest BCUT2D eigenvalue weighted by atomic mass is 32.2. The molecule has 0 aliphatic carbocycles. The van der Waals surface area contributed by atoms with Crippen molar-refractivity contribution in [2.45, 2.75) is 24.1 Å². The summed E-state index contributed by atoms with van der Waals surface area (Å²) in [6, 6.07) is 16.3. The zero-order valence-electron chi connectivity index (χ0n) is 17.4. The van der Waals surface area contributed by atoms with Gasteiger partial charge in [0.25, 0.3) is 10.0 Å². The van der Waals surface area contributed by atoms with E-state index < -0.39 is 22.0 Å². The maximum absolute atomic E-state index is 12.8.